The van der Waals surface area contributed by atoms with Gasteiger partial charge in [-0.15, -0.1) is 0 Å². The number of halogens is 1. The molecule has 0 unspecified atom stereocenters. The number of hydrogen-bond donors (Lipinski definition) is 1. The van der Waals surface area contributed by atoms with Gasteiger partial charge in [0.15, 0.2) is 0 Å². The van der Waals surface area contributed by atoms with Gasteiger partial charge in [0.2, 0.25) is 0 Å². The number of hydrogen-bond acceptors (Lipinski definition) is 5. The highest BCUT2D eigenvalue weighted by atomic mass is 35.5. The number of pyridine rings is 1. The molecule has 1 N–H and O–H groups in total. The van der Waals surface area contributed by atoms with E-state index in [4.69, 9.17) is 16.0 Å². The maximum absolute atomic E-state index is 13.3. The van der Waals surface area contributed by atoms with E-state index >= 15 is 0 Å². The SMILES string of the molecule is Cc1ccc(Nc2nc(C(=O)N3CCN(c4ccccc4)CC3)cc3occc23)cc1Cl. The Morgan fingerprint density at radius 3 is 2.56 bits per heavy atom. The number of carbonyl (C=O) groups is 1. The van der Waals surface area contributed by atoms with Crippen LogP contribution in [0.3, 0.4) is 0 Å². The predicted octanol–water partition coefficient (Wildman–Crippen LogP) is 5.50. The van der Waals surface area contributed by atoms with Gasteiger partial charge in [0.05, 0.1) is 11.6 Å². The van der Waals surface area contributed by atoms with Crippen molar-refractivity contribution in [1.29, 1.82) is 0 Å². The quantitative estimate of drug-likeness (QED) is 0.448. The number of piperazine rings is 1. The molecule has 32 heavy (non-hydrogen) atoms. The molecule has 7 heteroatoms. The molecule has 6 nitrogen and oxygen atoms in total. The zero-order valence-electron chi connectivity index (χ0n) is 17.7. The van der Waals surface area contributed by atoms with Crippen LogP contribution >= 0.6 is 11.6 Å². The second-order valence-electron chi connectivity index (χ2n) is 7.89. The maximum Gasteiger partial charge on any atom is 0.272 e. The molecular formula is C25H23ClN4O2. The van der Waals surface area contributed by atoms with E-state index in [0.29, 0.717) is 35.2 Å². The molecule has 162 valence electrons. The van der Waals surface area contributed by atoms with E-state index in [1.807, 2.05) is 54.3 Å². The third-order valence-corrected chi connectivity index (χ3v) is 6.20. The van der Waals surface area contributed by atoms with Crippen LogP contribution in [0.2, 0.25) is 5.02 Å². The summed E-state index contributed by atoms with van der Waals surface area (Å²) in [5, 5.41) is 4.77. The molecule has 1 fully saturated rings. The molecule has 2 aromatic heterocycles. The summed E-state index contributed by atoms with van der Waals surface area (Å²) in [6, 6.07) is 19.6. The van der Waals surface area contributed by atoms with Crippen molar-refractivity contribution >= 4 is 45.7 Å². The average molecular weight is 447 g/mol. The van der Waals surface area contributed by atoms with E-state index in [9.17, 15) is 4.79 Å². The number of benzene rings is 2. The monoisotopic (exact) mass is 446 g/mol. The standard InChI is InChI=1S/C25H23ClN4O2/c1-17-7-8-18(15-21(17)26)27-24-20-9-14-32-23(20)16-22(28-24)25(31)30-12-10-29(11-13-30)19-5-3-2-4-6-19/h2-9,14-16H,10-13H2,1H3,(H,27,28). The highest BCUT2D eigenvalue weighted by molar-refractivity contribution is 6.31. The molecule has 0 spiro atoms. The summed E-state index contributed by atoms with van der Waals surface area (Å²) in [7, 11) is 0. The van der Waals surface area contributed by atoms with Crippen molar-refractivity contribution in [2.75, 3.05) is 36.4 Å². The Hall–Kier alpha value is -3.51. The number of furan rings is 1. The predicted molar refractivity (Wildman–Crippen MR) is 128 cm³/mol. The molecular weight excluding hydrogens is 424 g/mol. The van der Waals surface area contributed by atoms with Gasteiger partial charge >= 0.3 is 0 Å². The fourth-order valence-electron chi connectivity index (χ4n) is 3.95. The molecule has 0 saturated carbocycles. The summed E-state index contributed by atoms with van der Waals surface area (Å²) in [6.07, 6.45) is 1.60. The number of carbonyl (C=O) groups excluding carboxylic acids is 1. The summed E-state index contributed by atoms with van der Waals surface area (Å²) < 4.78 is 5.61. The van der Waals surface area contributed by atoms with Crippen molar-refractivity contribution in [2.24, 2.45) is 0 Å². The van der Waals surface area contributed by atoms with Crippen molar-refractivity contribution in [1.82, 2.24) is 9.88 Å². The van der Waals surface area contributed by atoms with Gasteiger partial charge in [0, 0.05) is 48.6 Å². The van der Waals surface area contributed by atoms with Crippen LogP contribution in [0.5, 0.6) is 0 Å². The van der Waals surface area contributed by atoms with E-state index in [1.165, 1.54) is 5.69 Å². The van der Waals surface area contributed by atoms with Crippen molar-refractivity contribution in [3.05, 3.63) is 83.2 Å². The fourth-order valence-corrected chi connectivity index (χ4v) is 4.13. The lowest BCUT2D eigenvalue weighted by atomic mass is 10.2. The molecule has 4 aromatic rings. The molecule has 0 aliphatic carbocycles. The number of fused-ring (bicyclic) bond motifs is 1. The van der Waals surface area contributed by atoms with E-state index in [1.54, 1.807) is 12.3 Å². The van der Waals surface area contributed by atoms with E-state index in [0.717, 1.165) is 29.7 Å². The van der Waals surface area contributed by atoms with Crippen LogP contribution in [0.15, 0.2) is 71.3 Å². The van der Waals surface area contributed by atoms with Crippen LogP contribution in [0.1, 0.15) is 16.1 Å². The number of para-hydroxylation sites is 1. The number of nitrogens with zero attached hydrogens (tertiary/aromatic N) is 3. The minimum absolute atomic E-state index is 0.0963. The Balaban J connectivity index is 1.37. The molecule has 0 atom stereocenters. The number of amides is 1. The minimum Gasteiger partial charge on any atom is -0.464 e. The van der Waals surface area contributed by atoms with Gasteiger partial charge < -0.3 is 19.5 Å². The Kier molecular flexibility index (Phi) is 5.45. The first-order valence-corrected chi connectivity index (χ1v) is 11.0. The van der Waals surface area contributed by atoms with Crippen LogP contribution in [0, 0.1) is 6.92 Å². The van der Waals surface area contributed by atoms with Crippen molar-refractivity contribution < 1.29 is 9.21 Å². The number of anilines is 3. The Labute approximate surface area is 191 Å². The third-order valence-electron chi connectivity index (χ3n) is 5.79. The fraction of sp³-hybridized carbons (Fsp3) is 0.200. The summed E-state index contributed by atoms with van der Waals surface area (Å²) >= 11 is 6.27. The van der Waals surface area contributed by atoms with Gasteiger partial charge in [-0.25, -0.2) is 4.98 Å². The molecule has 1 aliphatic rings. The van der Waals surface area contributed by atoms with Crippen LogP contribution in [-0.2, 0) is 0 Å². The summed E-state index contributed by atoms with van der Waals surface area (Å²) in [5.41, 5.74) is 3.96. The highest BCUT2D eigenvalue weighted by Gasteiger charge is 2.24. The third kappa shape index (κ3) is 4.01. The van der Waals surface area contributed by atoms with Gasteiger partial charge in [-0.1, -0.05) is 35.9 Å². The molecule has 0 bridgehead atoms. The Morgan fingerprint density at radius 2 is 1.81 bits per heavy atom. The first-order chi connectivity index (χ1) is 15.6. The summed E-state index contributed by atoms with van der Waals surface area (Å²) in [5.74, 6) is 0.475. The molecule has 5 rings (SSSR count). The van der Waals surface area contributed by atoms with E-state index < -0.39 is 0 Å². The lowest BCUT2D eigenvalue weighted by molar-refractivity contribution is 0.0741. The van der Waals surface area contributed by atoms with Crippen molar-refractivity contribution in [2.45, 2.75) is 6.92 Å². The van der Waals surface area contributed by atoms with Crippen LogP contribution in [0.25, 0.3) is 11.0 Å². The molecule has 0 radical (unpaired) electrons. The normalized spacial score (nSPS) is 14.1. The lowest BCUT2D eigenvalue weighted by Crippen LogP contribution is -2.49. The Bertz CT molecular complexity index is 1260. The topological polar surface area (TPSA) is 61.6 Å². The van der Waals surface area contributed by atoms with E-state index in [-0.39, 0.29) is 5.91 Å². The molecule has 3 heterocycles. The molecule has 1 saturated heterocycles. The zero-order chi connectivity index (χ0) is 22.1. The van der Waals surface area contributed by atoms with Crippen LogP contribution in [-0.4, -0.2) is 42.0 Å². The maximum atomic E-state index is 13.3. The summed E-state index contributed by atoms with van der Waals surface area (Å²) in [6.45, 7) is 4.80. The van der Waals surface area contributed by atoms with Crippen molar-refractivity contribution in [3.63, 3.8) is 0 Å². The summed E-state index contributed by atoms with van der Waals surface area (Å²) in [4.78, 5) is 22.1. The minimum atomic E-state index is -0.0963. The molecule has 2 aromatic carbocycles. The highest BCUT2D eigenvalue weighted by Crippen LogP contribution is 2.29. The van der Waals surface area contributed by atoms with Gasteiger partial charge in [-0.05, 0) is 42.8 Å². The van der Waals surface area contributed by atoms with Gasteiger partial charge in [-0.2, -0.15) is 0 Å². The number of nitrogens with one attached hydrogen (secondary N) is 1. The van der Waals surface area contributed by atoms with Gasteiger partial charge in [0.25, 0.3) is 5.91 Å². The van der Waals surface area contributed by atoms with Gasteiger partial charge in [-0.3, -0.25) is 4.79 Å². The lowest BCUT2D eigenvalue weighted by Gasteiger charge is -2.36. The number of aryl methyl sites for hydroxylation is 1. The number of aromatic nitrogens is 1. The average Bonchev–Trinajstić information content (AvgIpc) is 3.31. The first kappa shape index (κ1) is 20.4. The zero-order valence-corrected chi connectivity index (χ0v) is 18.5. The molecule has 1 amide bonds. The smallest absolute Gasteiger partial charge is 0.272 e. The number of rotatable bonds is 4. The Morgan fingerprint density at radius 1 is 1.03 bits per heavy atom. The second kappa shape index (κ2) is 8.55. The first-order valence-electron chi connectivity index (χ1n) is 10.6. The van der Waals surface area contributed by atoms with Gasteiger partial charge in [0.1, 0.15) is 17.1 Å². The second-order valence-corrected chi connectivity index (χ2v) is 8.30. The van der Waals surface area contributed by atoms with Crippen LogP contribution < -0.4 is 10.2 Å². The molecule has 1 aliphatic heterocycles. The van der Waals surface area contributed by atoms with Crippen LogP contribution in [0.4, 0.5) is 17.2 Å². The van der Waals surface area contributed by atoms with Crippen molar-refractivity contribution in [3.8, 4) is 0 Å². The van der Waals surface area contributed by atoms with E-state index in [2.05, 4.69) is 27.3 Å². The largest absolute Gasteiger partial charge is 0.464 e.